The third-order valence-corrected chi connectivity index (χ3v) is 6.32. The minimum Gasteiger partial charge on any atom is -0.326 e. The SMILES string of the molecule is O=C(Nc1ccc(F)c(Br)c1)C1C2CC3CC(C2)CC1C3. The molecule has 1 amide bonds. The van der Waals surface area contributed by atoms with Crippen LogP contribution in [0.4, 0.5) is 10.1 Å². The minimum atomic E-state index is -0.303. The van der Waals surface area contributed by atoms with E-state index in [0.717, 1.165) is 11.8 Å². The van der Waals surface area contributed by atoms with Crippen molar-refractivity contribution in [2.75, 3.05) is 5.32 Å². The molecule has 0 spiro atoms. The molecule has 1 aromatic rings. The zero-order valence-corrected chi connectivity index (χ0v) is 13.4. The zero-order chi connectivity index (χ0) is 14.6. The fourth-order valence-electron chi connectivity index (χ4n) is 5.15. The number of rotatable bonds is 2. The van der Waals surface area contributed by atoms with Gasteiger partial charge in [0.2, 0.25) is 5.91 Å². The smallest absolute Gasteiger partial charge is 0.228 e. The molecule has 0 atom stereocenters. The maximum Gasteiger partial charge on any atom is 0.228 e. The second-order valence-corrected chi connectivity index (χ2v) is 7.93. The van der Waals surface area contributed by atoms with Gasteiger partial charge in [-0.3, -0.25) is 4.79 Å². The fraction of sp³-hybridized carbons (Fsp3) is 0.588. The summed E-state index contributed by atoms with van der Waals surface area (Å²) in [6, 6.07) is 4.66. The van der Waals surface area contributed by atoms with E-state index >= 15 is 0 Å². The minimum absolute atomic E-state index is 0.141. The lowest BCUT2D eigenvalue weighted by atomic mass is 9.51. The molecule has 0 saturated heterocycles. The van der Waals surface area contributed by atoms with Crippen LogP contribution in [0.5, 0.6) is 0 Å². The van der Waals surface area contributed by atoms with E-state index in [2.05, 4.69) is 21.2 Å². The molecule has 2 nitrogen and oxygen atoms in total. The van der Waals surface area contributed by atoms with Crippen molar-refractivity contribution in [2.24, 2.45) is 29.6 Å². The molecule has 112 valence electrons. The number of benzene rings is 1. The average molecular weight is 352 g/mol. The Bertz CT molecular complexity index is 560. The van der Waals surface area contributed by atoms with Gasteiger partial charge in [0.1, 0.15) is 5.82 Å². The van der Waals surface area contributed by atoms with Crippen molar-refractivity contribution in [3.63, 3.8) is 0 Å². The van der Waals surface area contributed by atoms with E-state index in [4.69, 9.17) is 0 Å². The number of halogens is 2. The van der Waals surface area contributed by atoms with Crippen LogP contribution in [0.2, 0.25) is 0 Å². The molecule has 4 saturated carbocycles. The van der Waals surface area contributed by atoms with Crippen LogP contribution in [-0.2, 0) is 4.79 Å². The number of carbonyl (C=O) groups is 1. The lowest BCUT2D eigenvalue weighted by Crippen LogP contribution is -2.49. The summed E-state index contributed by atoms with van der Waals surface area (Å²) in [5, 5.41) is 3.00. The van der Waals surface area contributed by atoms with Crippen LogP contribution in [0.3, 0.4) is 0 Å². The van der Waals surface area contributed by atoms with Crippen molar-refractivity contribution >= 4 is 27.5 Å². The van der Waals surface area contributed by atoms with Crippen molar-refractivity contribution in [1.82, 2.24) is 0 Å². The van der Waals surface area contributed by atoms with Crippen LogP contribution >= 0.6 is 15.9 Å². The Hall–Kier alpha value is -0.900. The summed E-state index contributed by atoms with van der Waals surface area (Å²) in [4.78, 5) is 12.7. The Morgan fingerprint density at radius 3 is 2.29 bits per heavy atom. The molecule has 0 aromatic heterocycles. The second-order valence-electron chi connectivity index (χ2n) is 7.07. The Balaban J connectivity index is 1.51. The first kappa shape index (κ1) is 13.7. The van der Waals surface area contributed by atoms with E-state index < -0.39 is 0 Å². The van der Waals surface area contributed by atoms with Gasteiger partial charge in [0.05, 0.1) is 4.47 Å². The van der Waals surface area contributed by atoms with Crippen LogP contribution in [0.1, 0.15) is 32.1 Å². The second kappa shape index (κ2) is 5.08. The molecule has 5 rings (SSSR count). The van der Waals surface area contributed by atoms with E-state index in [1.54, 1.807) is 12.1 Å². The summed E-state index contributed by atoms with van der Waals surface area (Å²) in [6.45, 7) is 0. The molecule has 4 aliphatic carbocycles. The Morgan fingerprint density at radius 1 is 1.10 bits per heavy atom. The first-order chi connectivity index (χ1) is 10.1. The molecule has 0 radical (unpaired) electrons. The predicted octanol–water partition coefficient (Wildman–Crippen LogP) is 4.60. The maximum atomic E-state index is 13.3. The molecule has 21 heavy (non-hydrogen) atoms. The number of nitrogens with one attached hydrogen (secondary N) is 1. The van der Waals surface area contributed by atoms with Crippen LogP contribution in [0, 0.1) is 35.4 Å². The quantitative estimate of drug-likeness (QED) is 0.828. The van der Waals surface area contributed by atoms with Gasteiger partial charge in [-0.2, -0.15) is 0 Å². The van der Waals surface area contributed by atoms with E-state index in [0.29, 0.717) is 22.0 Å². The molecule has 1 N–H and O–H groups in total. The van der Waals surface area contributed by atoms with Gasteiger partial charge in [-0.15, -0.1) is 0 Å². The first-order valence-corrected chi connectivity index (χ1v) is 8.65. The number of carbonyl (C=O) groups excluding carboxylic acids is 1. The highest BCUT2D eigenvalue weighted by atomic mass is 79.9. The zero-order valence-electron chi connectivity index (χ0n) is 11.8. The van der Waals surface area contributed by atoms with Crippen LogP contribution in [-0.4, -0.2) is 5.91 Å². The molecule has 4 aliphatic rings. The van der Waals surface area contributed by atoms with Gasteiger partial charge < -0.3 is 5.32 Å². The highest BCUT2D eigenvalue weighted by molar-refractivity contribution is 9.10. The summed E-state index contributed by atoms with van der Waals surface area (Å²) in [7, 11) is 0. The molecule has 4 bridgehead atoms. The van der Waals surface area contributed by atoms with Gasteiger partial charge in [0.15, 0.2) is 0 Å². The fourth-order valence-corrected chi connectivity index (χ4v) is 5.53. The highest BCUT2D eigenvalue weighted by Crippen LogP contribution is 2.56. The normalized spacial score (nSPS) is 36.8. The summed E-state index contributed by atoms with van der Waals surface area (Å²) in [5.41, 5.74) is 0.682. The Labute approximate surface area is 132 Å². The lowest BCUT2D eigenvalue weighted by Gasteiger charge is -2.53. The molecule has 1 aromatic carbocycles. The maximum absolute atomic E-state index is 13.3. The van der Waals surface area contributed by atoms with Crippen molar-refractivity contribution in [3.8, 4) is 0 Å². The highest BCUT2D eigenvalue weighted by Gasteiger charge is 2.50. The number of hydrogen-bond acceptors (Lipinski definition) is 1. The standard InChI is InChI=1S/C17H19BrFNO/c18-14-8-13(1-2-15(14)19)20-17(21)16-11-4-9-3-10(6-11)7-12(16)5-9/h1-2,8-12,16H,3-7H2,(H,20,21). The monoisotopic (exact) mass is 351 g/mol. The first-order valence-electron chi connectivity index (χ1n) is 7.86. The van der Waals surface area contributed by atoms with Crippen molar-refractivity contribution in [2.45, 2.75) is 32.1 Å². The van der Waals surface area contributed by atoms with Gasteiger partial charge in [0.25, 0.3) is 0 Å². The summed E-state index contributed by atoms with van der Waals surface area (Å²) < 4.78 is 13.7. The average Bonchev–Trinajstić information content (AvgIpc) is 2.41. The third kappa shape index (κ3) is 2.41. The molecule has 0 unspecified atom stereocenters. The molecule has 0 aliphatic heterocycles. The predicted molar refractivity (Wildman–Crippen MR) is 83.3 cm³/mol. The van der Waals surface area contributed by atoms with Crippen molar-refractivity contribution < 1.29 is 9.18 Å². The van der Waals surface area contributed by atoms with Gasteiger partial charge >= 0.3 is 0 Å². The largest absolute Gasteiger partial charge is 0.326 e. The topological polar surface area (TPSA) is 29.1 Å². The number of anilines is 1. The molecule has 4 heteroatoms. The molecular formula is C17H19BrFNO. The number of hydrogen-bond donors (Lipinski definition) is 1. The van der Waals surface area contributed by atoms with Crippen molar-refractivity contribution in [1.29, 1.82) is 0 Å². The van der Waals surface area contributed by atoms with E-state index in [9.17, 15) is 9.18 Å². The Kier molecular flexibility index (Phi) is 3.32. The molecule has 0 heterocycles. The van der Waals surface area contributed by atoms with Crippen molar-refractivity contribution in [3.05, 3.63) is 28.5 Å². The summed E-state index contributed by atoms with van der Waals surface area (Å²) >= 11 is 3.17. The van der Waals surface area contributed by atoms with E-state index in [1.807, 2.05) is 0 Å². The van der Waals surface area contributed by atoms with Gasteiger partial charge in [0, 0.05) is 11.6 Å². The van der Waals surface area contributed by atoms with Gasteiger partial charge in [-0.05, 0) is 89.9 Å². The van der Waals surface area contributed by atoms with Crippen LogP contribution in [0.15, 0.2) is 22.7 Å². The van der Waals surface area contributed by atoms with Crippen LogP contribution < -0.4 is 5.32 Å². The molecular weight excluding hydrogens is 333 g/mol. The van der Waals surface area contributed by atoms with Gasteiger partial charge in [-0.1, -0.05) is 0 Å². The van der Waals surface area contributed by atoms with Crippen LogP contribution in [0.25, 0.3) is 0 Å². The number of amides is 1. The third-order valence-electron chi connectivity index (χ3n) is 5.72. The van der Waals surface area contributed by atoms with E-state index in [1.165, 1.54) is 38.2 Å². The molecule has 4 fully saturated rings. The van der Waals surface area contributed by atoms with Gasteiger partial charge in [-0.25, -0.2) is 4.39 Å². The summed E-state index contributed by atoms with van der Waals surface area (Å²) in [6.07, 6.45) is 6.33. The Morgan fingerprint density at radius 2 is 1.71 bits per heavy atom. The van der Waals surface area contributed by atoms with E-state index in [-0.39, 0.29) is 17.6 Å². The lowest BCUT2D eigenvalue weighted by molar-refractivity contribution is -0.132. The summed E-state index contributed by atoms with van der Waals surface area (Å²) in [5.74, 6) is 2.90.